The third-order valence-electron chi connectivity index (χ3n) is 2.80. The predicted octanol–water partition coefficient (Wildman–Crippen LogP) is 1.02. The number of rotatable bonds is 2. The Hall–Kier alpha value is -1.55. The number of nitrogens with zero attached hydrogens (tertiary/aromatic N) is 1. The van der Waals surface area contributed by atoms with Crippen LogP contribution in [0, 0.1) is 0 Å². The van der Waals surface area contributed by atoms with Crippen molar-refractivity contribution in [3.8, 4) is 5.75 Å². The first-order valence-electron chi connectivity index (χ1n) is 5.42. The summed E-state index contributed by atoms with van der Waals surface area (Å²) >= 11 is 0. The average molecular weight is 220 g/mol. The SMILES string of the molecule is COc1ccccc1N1CCN[C@H](C)C1=O. The van der Waals surface area contributed by atoms with Gasteiger partial charge in [0.2, 0.25) is 5.91 Å². The van der Waals surface area contributed by atoms with Crippen LogP contribution in [0.3, 0.4) is 0 Å². The summed E-state index contributed by atoms with van der Waals surface area (Å²) in [7, 11) is 1.62. The summed E-state index contributed by atoms with van der Waals surface area (Å²) in [5, 5.41) is 3.14. The number of anilines is 1. The summed E-state index contributed by atoms with van der Waals surface area (Å²) in [5.74, 6) is 0.834. The van der Waals surface area contributed by atoms with Crippen LogP contribution in [0.25, 0.3) is 0 Å². The predicted molar refractivity (Wildman–Crippen MR) is 62.8 cm³/mol. The topological polar surface area (TPSA) is 41.6 Å². The van der Waals surface area contributed by atoms with E-state index in [9.17, 15) is 4.79 Å². The Morgan fingerprint density at radius 1 is 1.44 bits per heavy atom. The van der Waals surface area contributed by atoms with Crippen molar-refractivity contribution in [3.63, 3.8) is 0 Å². The van der Waals surface area contributed by atoms with E-state index >= 15 is 0 Å². The molecule has 2 rings (SSSR count). The number of carbonyl (C=O) groups is 1. The highest BCUT2D eigenvalue weighted by molar-refractivity contribution is 5.98. The van der Waals surface area contributed by atoms with E-state index in [0.29, 0.717) is 6.54 Å². The van der Waals surface area contributed by atoms with E-state index in [1.54, 1.807) is 12.0 Å². The van der Waals surface area contributed by atoms with Crippen LogP contribution in [-0.4, -0.2) is 32.1 Å². The number of para-hydroxylation sites is 2. The molecule has 1 amide bonds. The van der Waals surface area contributed by atoms with Gasteiger partial charge < -0.3 is 15.0 Å². The molecule has 0 bridgehead atoms. The van der Waals surface area contributed by atoms with E-state index in [0.717, 1.165) is 18.0 Å². The minimum absolute atomic E-state index is 0.0933. The Labute approximate surface area is 95.2 Å². The lowest BCUT2D eigenvalue weighted by molar-refractivity contribution is -0.121. The van der Waals surface area contributed by atoms with Crippen molar-refractivity contribution in [2.24, 2.45) is 0 Å². The van der Waals surface area contributed by atoms with Crippen LogP contribution < -0.4 is 15.0 Å². The molecule has 4 nitrogen and oxygen atoms in total. The third kappa shape index (κ3) is 1.88. The molecule has 1 fully saturated rings. The first-order valence-corrected chi connectivity index (χ1v) is 5.42. The van der Waals surface area contributed by atoms with E-state index in [4.69, 9.17) is 4.74 Å². The molecule has 0 radical (unpaired) electrons. The molecule has 86 valence electrons. The van der Waals surface area contributed by atoms with Gasteiger partial charge in [-0.25, -0.2) is 0 Å². The van der Waals surface area contributed by atoms with Gasteiger partial charge in [-0.05, 0) is 19.1 Å². The molecule has 1 atom stereocenters. The number of carbonyl (C=O) groups excluding carboxylic acids is 1. The van der Waals surface area contributed by atoms with Crippen molar-refractivity contribution in [1.82, 2.24) is 5.32 Å². The Morgan fingerprint density at radius 2 is 2.19 bits per heavy atom. The van der Waals surface area contributed by atoms with Crippen LogP contribution in [0.4, 0.5) is 5.69 Å². The van der Waals surface area contributed by atoms with Gasteiger partial charge in [-0.15, -0.1) is 0 Å². The number of methoxy groups -OCH3 is 1. The molecule has 1 aliphatic heterocycles. The first-order chi connectivity index (χ1) is 7.74. The second kappa shape index (κ2) is 4.53. The highest BCUT2D eigenvalue weighted by Crippen LogP contribution is 2.28. The maximum atomic E-state index is 12.0. The standard InChI is InChI=1S/C12H16N2O2/c1-9-12(15)14(8-7-13-9)10-5-3-4-6-11(10)16-2/h3-6,9,13H,7-8H2,1-2H3/t9-/m1/s1. The Bertz CT molecular complexity index is 392. The molecule has 0 aromatic heterocycles. The number of ether oxygens (including phenoxy) is 1. The molecule has 1 heterocycles. The van der Waals surface area contributed by atoms with Gasteiger partial charge in [-0.2, -0.15) is 0 Å². The number of benzene rings is 1. The number of hydrogen-bond donors (Lipinski definition) is 1. The van der Waals surface area contributed by atoms with Crippen molar-refractivity contribution in [2.45, 2.75) is 13.0 Å². The molecular formula is C12H16N2O2. The smallest absolute Gasteiger partial charge is 0.243 e. The molecule has 0 spiro atoms. The van der Waals surface area contributed by atoms with Crippen molar-refractivity contribution in [1.29, 1.82) is 0 Å². The minimum Gasteiger partial charge on any atom is -0.495 e. The van der Waals surface area contributed by atoms with Crippen molar-refractivity contribution in [3.05, 3.63) is 24.3 Å². The summed E-state index contributed by atoms with van der Waals surface area (Å²) in [5.41, 5.74) is 0.850. The highest BCUT2D eigenvalue weighted by atomic mass is 16.5. The van der Waals surface area contributed by atoms with E-state index in [1.165, 1.54) is 0 Å². The van der Waals surface area contributed by atoms with Gasteiger partial charge in [0.15, 0.2) is 0 Å². The van der Waals surface area contributed by atoms with Gasteiger partial charge in [0.25, 0.3) is 0 Å². The summed E-state index contributed by atoms with van der Waals surface area (Å²) in [6.45, 7) is 3.37. The van der Waals surface area contributed by atoms with Crippen LogP contribution in [0.2, 0.25) is 0 Å². The monoisotopic (exact) mass is 220 g/mol. The van der Waals surface area contributed by atoms with Crippen LogP contribution in [0.5, 0.6) is 5.75 Å². The zero-order valence-corrected chi connectivity index (χ0v) is 9.56. The largest absolute Gasteiger partial charge is 0.495 e. The lowest BCUT2D eigenvalue weighted by Crippen LogP contribution is -2.53. The molecule has 0 aliphatic carbocycles. The molecule has 1 saturated heterocycles. The normalized spacial score (nSPS) is 21.0. The van der Waals surface area contributed by atoms with Crippen LogP contribution in [0.15, 0.2) is 24.3 Å². The first kappa shape index (κ1) is 11.0. The Kier molecular flexibility index (Phi) is 3.10. The second-order valence-electron chi connectivity index (χ2n) is 3.84. The van der Waals surface area contributed by atoms with Crippen molar-refractivity contribution in [2.75, 3.05) is 25.1 Å². The molecule has 16 heavy (non-hydrogen) atoms. The van der Waals surface area contributed by atoms with Gasteiger partial charge in [0.05, 0.1) is 18.8 Å². The Balaban J connectivity index is 2.32. The fraction of sp³-hybridized carbons (Fsp3) is 0.417. The summed E-state index contributed by atoms with van der Waals surface area (Å²) in [4.78, 5) is 13.8. The van der Waals surface area contributed by atoms with Gasteiger partial charge >= 0.3 is 0 Å². The molecule has 4 heteroatoms. The second-order valence-corrected chi connectivity index (χ2v) is 3.84. The molecule has 0 unspecified atom stereocenters. The molecule has 1 aliphatic rings. The number of nitrogens with one attached hydrogen (secondary N) is 1. The zero-order chi connectivity index (χ0) is 11.5. The maximum Gasteiger partial charge on any atom is 0.243 e. The molecule has 1 aromatic carbocycles. The van der Waals surface area contributed by atoms with E-state index in [2.05, 4.69) is 5.32 Å². The maximum absolute atomic E-state index is 12.0. The lowest BCUT2D eigenvalue weighted by Gasteiger charge is -2.32. The molecule has 1 N–H and O–H groups in total. The molecule has 0 saturated carbocycles. The minimum atomic E-state index is -0.126. The summed E-state index contributed by atoms with van der Waals surface area (Å²) in [6, 6.07) is 7.47. The van der Waals surface area contributed by atoms with Gasteiger partial charge in [-0.3, -0.25) is 4.79 Å². The Morgan fingerprint density at radius 3 is 2.94 bits per heavy atom. The quantitative estimate of drug-likeness (QED) is 0.809. The summed E-state index contributed by atoms with van der Waals surface area (Å²) in [6.07, 6.45) is 0. The highest BCUT2D eigenvalue weighted by Gasteiger charge is 2.27. The van der Waals surface area contributed by atoms with Crippen molar-refractivity contribution < 1.29 is 9.53 Å². The van der Waals surface area contributed by atoms with Gasteiger partial charge in [-0.1, -0.05) is 12.1 Å². The number of piperazine rings is 1. The zero-order valence-electron chi connectivity index (χ0n) is 9.56. The fourth-order valence-electron chi connectivity index (χ4n) is 1.92. The fourth-order valence-corrected chi connectivity index (χ4v) is 1.92. The van der Waals surface area contributed by atoms with E-state index in [-0.39, 0.29) is 11.9 Å². The van der Waals surface area contributed by atoms with Crippen LogP contribution in [-0.2, 0) is 4.79 Å². The summed E-state index contributed by atoms with van der Waals surface area (Å²) < 4.78 is 5.27. The van der Waals surface area contributed by atoms with E-state index < -0.39 is 0 Å². The lowest BCUT2D eigenvalue weighted by atomic mass is 10.2. The molecular weight excluding hydrogens is 204 g/mol. The number of amides is 1. The van der Waals surface area contributed by atoms with E-state index in [1.807, 2.05) is 31.2 Å². The van der Waals surface area contributed by atoms with Gasteiger partial charge in [0.1, 0.15) is 5.75 Å². The van der Waals surface area contributed by atoms with Gasteiger partial charge in [0, 0.05) is 13.1 Å². The van der Waals surface area contributed by atoms with Crippen molar-refractivity contribution >= 4 is 11.6 Å². The van der Waals surface area contributed by atoms with Crippen LogP contribution >= 0.6 is 0 Å². The number of hydrogen-bond acceptors (Lipinski definition) is 3. The third-order valence-corrected chi connectivity index (χ3v) is 2.80. The average Bonchev–Trinajstić information content (AvgIpc) is 2.33. The van der Waals surface area contributed by atoms with Crippen LogP contribution in [0.1, 0.15) is 6.92 Å². The molecule has 1 aromatic rings.